The van der Waals surface area contributed by atoms with Gasteiger partial charge >= 0.3 is 6.18 Å². The fraction of sp³-hybridized carbons (Fsp3) is 0.423. The number of hydrogen-bond donors (Lipinski definition) is 0. The number of hydrogen-bond acceptors (Lipinski definition) is 6. The Morgan fingerprint density at radius 3 is 2.45 bits per heavy atom. The van der Waals surface area contributed by atoms with Crippen LogP contribution in [0.3, 0.4) is 0 Å². The Bertz CT molecular complexity index is 1620. The molecule has 2 atom stereocenters. The van der Waals surface area contributed by atoms with Gasteiger partial charge in [-0.25, -0.2) is 17.5 Å². The Labute approximate surface area is 229 Å². The van der Waals surface area contributed by atoms with E-state index in [4.69, 9.17) is 0 Å². The maximum absolute atomic E-state index is 13.5. The number of piperazine rings is 1. The van der Waals surface area contributed by atoms with Gasteiger partial charge in [-0.05, 0) is 61.4 Å². The average Bonchev–Trinajstić information content (AvgIpc) is 3.56. The van der Waals surface area contributed by atoms with E-state index < -0.39 is 28.2 Å². The first-order chi connectivity index (χ1) is 18.9. The first kappa shape index (κ1) is 28.2. The summed E-state index contributed by atoms with van der Waals surface area (Å²) in [7, 11) is -4.02. The number of fused-ring (bicyclic) bond motifs is 1. The highest BCUT2D eigenvalue weighted by atomic mass is 32.2. The molecule has 0 spiro atoms. The Kier molecular flexibility index (Phi) is 7.44. The van der Waals surface area contributed by atoms with E-state index in [9.17, 15) is 26.0 Å². The Morgan fingerprint density at radius 2 is 1.80 bits per heavy atom. The van der Waals surface area contributed by atoms with Crippen LogP contribution in [-0.4, -0.2) is 74.8 Å². The van der Waals surface area contributed by atoms with Crippen molar-refractivity contribution >= 4 is 20.9 Å². The van der Waals surface area contributed by atoms with Crippen LogP contribution in [-0.2, 0) is 16.6 Å². The SMILES string of the molecule is CCn1ncc(S(=O)(=O)N2CCN(CC(C)C(F)(F)F)C(c3cc4cnn(-c5ccc(F)cc5)c4cc3C)C2)n1. The van der Waals surface area contributed by atoms with Crippen LogP contribution in [0.4, 0.5) is 17.6 Å². The van der Waals surface area contributed by atoms with Crippen molar-refractivity contribution in [1.29, 1.82) is 0 Å². The van der Waals surface area contributed by atoms with E-state index >= 15 is 0 Å². The van der Waals surface area contributed by atoms with Gasteiger partial charge in [0.15, 0.2) is 0 Å². The summed E-state index contributed by atoms with van der Waals surface area (Å²) in [5, 5.41) is 13.0. The molecule has 1 fully saturated rings. The molecule has 0 N–H and O–H groups in total. The zero-order chi connectivity index (χ0) is 28.8. The van der Waals surface area contributed by atoms with Crippen molar-refractivity contribution in [2.75, 3.05) is 26.2 Å². The zero-order valence-corrected chi connectivity index (χ0v) is 23.0. The topological polar surface area (TPSA) is 89.2 Å². The smallest absolute Gasteiger partial charge is 0.293 e. The monoisotopic (exact) mass is 579 g/mol. The fourth-order valence-electron chi connectivity index (χ4n) is 5.01. The molecular weight excluding hydrogens is 550 g/mol. The van der Waals surface area contributed by atoms with Gasteiger partial charge in [-0.3, -0.25) is 4.90 Å². The van der Waals surface area contributed by atoms with E-state index in [2.05, 4.69) is 15.3 Å². The van der Waals surface area contributed by atoms with Crippen molar-refractivity contribution in [3.63, 3.8) is 0 Å². The lowest BCUT2D eigenvalue weighted by Gasteiger charge is -2.42. The first-order valence-corrected chi connectivity index (χ1v) is 14.3. The van der Waals surface area contributed by atoms with Crippen LogP contribution in [0.25, 0.3) is 16.6 Å². The summed E-state index contributed by atoms with van der Waals surface area (Å²) in [5.74, 6) is -1.98. The number of halogens is 4. The molecule has 0 radical (unpaired) electrons. The lowest BCUT2D eigenvalue weighted by Crippen LogP contribution is -2.52. The van der Waals surface area contributed by atoms with Gasteiger partial charge < -0.3 is 0 Å². The highest BCUT2D eigenvalue weighted by molar-refractivity contribution is 7.89. The molecular formula is C26H29F4N7O2S. The number of aromatic nitrogens is 5. The molecule has 9 nitrogen and oxygen atoms in total. The van der Waals surface area contributed by atoms with E-state index in [1.54, 1.807) is 34.8 Å². The molecule has 4 aromatic rings. The molecule has 5 rings (SSSR count). The summed E-state index contributed by atoms with van der Waals surface area (Å²) in [6, 6.07) is 8.94. The molecule has 14 heteroatoms. The lowest BCUT2D eigenvalue weighted by molar-refractivity contribution is -0.176. The van der Waals surface area contributed by atoms with Crippen molar-refractivity contribution in [2.24, 2.45) is 5.92 Å². The zero-order valence-electron chi connectivity index (χ0n) is 22.2. The molecule has 0 amide bonds. The summed E-state index contributed by atoms with van der Waals surface area (Å²) in [6.45, 7) is 4.94. The average molecular weight is 580 g/mol. The fourth-order valence-corrected chi connectivity index (χ4v) is 6.31. The Hall–Kier alpha value is -3.36. The largest absolute Gasteiger partial charge is 0.392 e. The molecule has 2 aromatic carbocycles. The number of alkyl halides is 3. The molecule has 40 heavy (non-hydrogen) atoms. The molecule has 0 aliphatic carbocycles. The van der Waals surface area contributed by atoms with Gasteiger partial charge in [-0.15, -0.1) is 5.10 Å². The third-order valence-electron chi connectivity index (χ3n) is 7.31. The minimum atomic E-state index is -4.39. The lowest BCUT2D eigenvalue weighted by atomic mass is 9.95. The maximum atomic E-state index is 13.5. The number of benzene rings is 2. The van der Waals surface area contributed by atoms with Crippen LogP contribution in [0.5, 0.6) is 0 Å². The molecule has 0 saturated carbocycles. The van der Waals surface area contributed by atoms with E-state index in [1.165, 1.54) is 27.4 Å². The molecule has 1 aliphatic heterocycles. The molecule has 3 heterocycles. The molecule has 1 saturated heterocycles. The molecule has 1 aliphatic rings. The second-order valence-corrected chi connectivity index (χ2v) is 11.9. The Balaban J connectivity index is 1.53. The minimum absolute atomic E-state index is 0.0200. The standard InChI is InChI=1S/C26H29F4N7O2S/c1-4-36-31-14-25(33-36)40(38,39)35-10-9-34(15-18(3)26(28,29)30)24(16-35)22-12-19-13-32-37(23(19)11-17(22)2)21-7-5-20(27)6-8-21/h5-8,11-14,18,24H,4,9-10,15-16H2,1-3H3. The van der Waals surface area contributed by atoms with Crippen molar-refractivity contribution < 1.29 is 26.0 Å². The highest BCUT2D eigenvalue weighted by Crippen LogP contribution is 2.36. The van der Waals surface area contributed by atoms with Gasteiger partial charge in [0.05, 0.1) is 36.1 Å². The predicted molar refractivity (Wildman–Crippen MR) is 140 cm³/mol. The van der Waals surface area contributed by atoms with Crippen LogP contribution in [0.1, 0.15) is 31.0 Å². The predicted octanol–water partition coefficient (Wildman–Crippen LogP) is 4.33. The minimum Gasteiger partial charge on any atom is -0.293 e. The maximum Gasteiger partial charge on any atom is 0.392 e. The second kappa shape index (κ2) is 10.6. The van der Waals surface area contributed by atoms with Crippen LogP contribution in [0, 0.1) is 18.7 Å². The van der Waals surface area contributed by atoms with Crippen molar-refractivity contribution in [3.05, 3.63) is 65.7 Å². The van der Waals surface area contributed by atoms with Gasteiger partial charge in [0, 0.05) is 37.6 Å². The molecule has 2 aromatic heterocycles. The quantitative estimate of drug-likeness (QED) is 0.303. The summed E-state index contributed by atoms with van der Waals surface area (Å²) < 4.78 is 83.9. The number of nitrogens with zero attached hydrogens (tertiary/aromatic N) is 7. The Morgan fingerprint density at radius 1 is 1.07 bits per heavy atom. The molecule has 214 valence electrons. The number of sulfonamides is 1. The molecule has 2 unspecified atom stereocenters. The first-order valence-electron chi connectivity index (χ1n) is 12.8. The summed E-state index contributed by atoms with van der Waals surface area (Å²) >= 11 is 0. The second-order valence-electron chi connectivity index (χ2n) is 9.99. The van der Waals surface area contributed by atoms with Crippen LogP contribution < -0.4 is 0 Å². The van der Waals surface area contributed by atoms with E-state index in [0.29, 0.717) is 17.8 Å². The van der Waals surface area contributed by atoms with E-state index in [0.717, 1.165) is 23.4 Å². The summed E-state index contributed by atoms with van der Waals surface area (Å²) in [6.07, 6.45) is -1.57. The van der Waals surface area contributed by atoms with Crippen LogP contribution in [0.15, 0.2) is 53.8 Å². The summed E-state index contributed by atoms with van der Waals surface area (Å²) in [4.78, 5) is 2.97. The van der Waals surface area contributed by atoms with Crippen molar-refractivity contribution in [1.82, 2.24) is 34.0 Å². The highest BCUT2D eigenvalue weighted by Gasteiger charge is 2.42. The van der Waals surface area contributed by atoms with Gasteiger partial charge in [0.2, 0.25) is 5.03 Å². The van der Waals surface area contributed by atoms with Gasteiger partial charge in [-0.2, -0.15) is 32.5 Å². The number of aryl methyl sites for hydroxylation is 2. The summed E-state index contributed by atoms with van der Waals surface area (Å²) in [5.41, 5.74) is 2.86. The van der Waals surface area contributed by atoms with Gasteiger partial charge in [0.25, 0.3) is 10.0 Å². The third-order valence-corrected chi connectivity index (χ3v) is 9.04. The van der Waals surface area contributed by atoms with Gasteiger partial charge in [-0.1, -0.05) is 6.92 Å². The van der Waals surface area contributed by atoms with Crippen molar-refractivity contribution in [2.45, 2.75) is 44.6 Å². The molecule has 0 bridgehead atoms. The van der Waals surface area contributed by atoms with Crippen molar-refractivity contribution in [3.8, 4) is 5.69 Å². The number of rotatable bonds is 7. The van der Waals surface area contributed by atoms with Crippen LogP contribution in [0.2, 0.25) is 0 Å². The van der Waals surface area contributed by atoms with E-state index in [1.807, 2.05) is 19.1 Å². The van der Waals surface area contributed by atoms with Crippen LogP contribution >= 0.6 is 0 Å². The van der Waals surface area contributed by atoms with Gasteiger partial charge in [0.1, 0.15) is 5.82 Å². The normalized spacial score (nSPS) is 18.4. The van der Waals surface area contributed by atoms with E-state index in [-0.39, 0.29) is 37.0 Å². The third kappa shape index (κ3) is 5.34.